The van der Waals surface area contributed by atoms with E-state index in [-0.39, 0.29) is 10.6 Å². The number of piperidine rings is 1. The van der Waals surface area contributed by atoms with E-state index in [1.54, 1.807) is 6.07 Å². The van der Waals surface area contributed by atoms with Gasteiger partial charge in [-0.25, -0.2) is 24.2 Å². The number of hydrogen-bond acceptors (Lipinski definition) is 6. The SMILES string of the molecule is NNC(=O)c1cn(-c2ccc(S(=O)(=O)N3CCCCC3)cn2)cn1. The Kier molecular flexibility index (Phi) is 4.60. The zero-order chi connectivity index (χ0) is 17.2. The molecule has 0 unspecified atom stereocenters. The number of nitrogens with one attached hydrogen (secondary N) is 1. The molecule has 10 heteroatoms. The van der Waals surface area contributed by atoms with Crippen LogP contribution in [0.3, 0.4) is 0 Å². The lowest BCUT2D eigenvalue weighted by atomic mass is 10.2. The smallest absolute Gasteiger partial charge is 0.285 e. The van der Waals surface area contributed by atoms with Crippen LogP contribution in [0.15, 0.2) is 35.7 Å². The van der Waals surface area contributed by atoms with Crippen LogP contribution in [-0.2, 0) is 10.0 Å². The lowest BCUT2D eigenvalue weighted by molar-refractivity contribution is 0.0949. The summed E-state index contributed by atoms with van der Waals surface area (Å²) in [6.07, 6.45) is 7.01. The van der Waals surface area contributed by atoms with Gasteiger partial charge >= 0.3 is 0 Å². The van der Waals surface area contributed by atoms with Crippen molar-refractivity contribution < 1.29 is 13.2 Å². The first-order chi connectivity index (χ1) is 11.5. The van der Waals surface area contributed by atoms with Crippen LogP contribution in [0, 0.1) is 0 Å². The maximum Gasteiger partial charge on any atom is 0.285 e. The average molecular weight is 350 g/mol. The fourth-order valence-corrected chi connectivity index (χ4v) is 4.03. The minimum atomic E-state index is -3.51. The quantitative estimate of drug-likeness (QED) is 0.456. The first-order valence-electron chi connectivity index (χ1n) is 7.54. The van der Waals surface area contributed by atoms with Gasteiger partial charge in [0.2, 0.25) is 10.0 Å². The fraction of sp³-hybridized carbons (Fsp3) is 0.357. The predicted molar refractivity (Wildman–Crippen MR) is 85.6 cm³/mol. The van der Waals surface area contributed by atoms with E-state index in [4.69, 9.17) is 5.84 Å². The van der Waals surface area contributed by atoms with Gasteiger partial charge in [0.15, 0.2) is 0 Å². The van der Waals surface area contributed by atoms with Gasteiger partial charge in [-0.2, -0.15) is 4.31 Å². The number of sulfonamides is 1. The molecule has 0 bridgehead atoms. The van der Waals surface area contributed by atoms with Crippen molar-refractivity contribution in [2.75, 3.05) is 13.1 Å². The van der Waals surface area contributed by atoms with Crippen molar-refractivity contribution >= 4 is 15.9 Å². The van der Waals surface area contributed by atoms with Crippen LogP contribution in [0.1, 0.15) is 29.8 Å². The van der Waals surface area contributed by atoms with E-state index in [0.29, 0.717) is 18.9 Å². The van der Waals surface area contributed by atoms with E-state index in [9.17, 15) is 13.2 Å². The number of imidazole rings is 1. The molecule has 0 spiro atoms. The Morgan fingerprint density at radius 2 is 1.92 bits per heavy atom. The number of rotatable bonds is 4. The maximum absolute atomic E-state index is 12.6. The second kappa shape index (κ2) is 6.67. The summed E-state index contributed by atoms with van der Waals surface area (Å²) < 4.78 is 28.1. The second-order valence-electron chi connectivity index (χ2n) is 5.46. The van der Waals surface area contributed by atoms with Gasteiger partial charge in [0.05, 0.1) is 0 Å². The molecule has 9 nitrogen and oxygen atoms in total. The first-order valence-corrected chi connectivity index (χ1v) is 8.98. The summed E-state index contributed by atoms with van der Waals surface area (Å²) >= 11 is 0. The molecule has 0 saturated carbocycles. The van der Waals surface area contributed by atoms with Crippen LogP contribution in [-0.4, -0.2) is 46.3 Å². The van der Waals surface area contributed by atoms with Gasteiger partial charge in [0, 0.05) is 25.5 Å². The molecule has 2 aromatic heterocycles. The number of nitrogens with zero attached hydrogens (tertiary/aromatic N) is 4. The molecular weight excluding hydrogens is 332 g/mol. The van der Waals surface area contributed by atoms with Crippen LogP contribution in [0.2, 0.25) is 0 Å². The highest BCUT2D eigenvalue weighted by Gasteiger charge is 2.26. The molecule has 1 aliphatic rings. The molecule has 0 atom stereocenters. The van der Waals surface area contributed by atoms with Gasteiger partial charge in [0.25, 0.3) is 5.91 Å². The average Bonchev–Trinajstić information content (AvgIpc) is 3.12. The summed E-state index contributed by atoms with van der Waals surface area (Å²) in [5.41, 5.74) is 2.13. The van der Waals surface area contributed by atoms with Crippen molar-refractivity contribution in [1.29, 1.82) is 0 Å². The van der Waals surface area contributed by atoms with Crippen molar-refractivity contribution in [3.8, 4) is 5.82 Å². The zero-order valence-corrected chi connectivity index (χ0v) is 13.7. The van der Waals surface area contributed by atoms with E-state index >= 15 is 0 Å². The van der Waals surface area contributed by atoms with Crippen molar-refractivity contribution in [3.05, 3.63) is 36.5 Å². The van der Waals surface area contributed by atoms with E-state index in [1.165, 1.54) is 33.7 Å². The molecular formula is C14H18N6O3S. The molecule has 0 aromatic carbocycles. The molecule has 2 aromatic rings. The van der Waals surface area contributed by atoms with Gasteiger partial charge in [-0.05, 0) is 25.0 Å². The minimum absolute atomic E-state index is 0.143. The summed E-state index contributed by atoms with van der Waals surface area (Å²) in [5.74, 6) is 4.99. The van der Waals surface area contributed by atoms with Gasteiger partial charge < -0.3 is 0 Å². The molecule has 0 aliphatic carbocycles. The maximum atomic E-state index is 12.6. The summed E-state index contributed by atoms with van der Waals surface area (Å²) in [4.78, 5) is 19.6. The van der Waals surface area contributed by atoms with Crippen molar-refractivity contribution in [2.24, 2.45) is 5.84 Å². The van der Waals surface area contributed by atoms with E-state index < -0.39 is 15.9 Å². The molecule has 1 saturated heterocycles. The Morgan fingerprint density at radius 1 is 1.17 bits per heavy atom. The third-order valence-corrected chi connectivity index (χ3v) is 5.77. The van der Waals surface area contributed by atoms with Crippen LogP contribution in [0.4, 0.5) is 0 Å². The molecule has 24 heavy (non-hydrogen) atoms. The highest BCUT2D eigenvalue weighted by atomic mass is 32.2. The third kappa shape index (κ3) is 3.16. The fourth-order valence-electron chi connectivity index (χ4n) is 2.57. The van der Waals surface area contributed by atoms with Gasteiger partial charge in [0.1, 0.15) is 22.7 Å². The highest BCUT2D eigenvalue weighted by molar-refractivity contribution is 7.89. The number of nitrogen functional groups attached to an aromatic ring is 1. The number of hydrazine groups is 1. The third-order valence-electron chi connectivity index (χ3n) is 3.88. The largest absolute Gasteiger partial charge is 0.290 e. The van der Waals surface area contributed by atoms with Crippen molar-refractivity contribution in [3.63, 3.8) is 0 Å². The van der Waals surface area contributed by atoms with E-state index in [0.717, 1.165) is 19.3 Å². The van der Waals surface area contributed by atoms with Crippen LogP contribution < -0.4 is 11.3 Å². The highest BCUT2D eigenvalue weighted by Crippen LogP contribution is 2.20. The second-order valence-corrected chi connectivity index (χ2v) is 7.39. The molecule has 1 amide bonds. The van der Waals surface area contributed by atoms with Crippen molar-refractivity contribution in [1.82, 2.24) is 24.3 Å². The van der Waals surface area contributed by atoms with Gasteiger partial charge in [-0.15, -0.1) is 0 Å². The Hall–Kier alpha value is -2.30. The number of carbonyl (C=O) groups excluding carboxylic acids is 1. The van der Waals surface area contributed by atoms with E-state index in [2.05, 4.69) is 9.97 Å². The Morgan fingerprint density at radius 3 is 2.54 bits per heavy atom. The Bertz CT molecular complexity index is 824. The lowest BCUT2D eigenvalue weighted by Gasteiger charge is -2.25. The lowest BCUT2D eigenvalue weighted by Crippen LogP contribution is -2.35. The summed E-state index contributed by atoms with van der Waals surface area (Å²) in [6, 6.07) is 3.08. The van der Waals surface area contributed by atoms with Gasteiger partial charge in [-0.1, -0.05) is 6.42 Å². The topological polar surface area (TPSA) is 123 Å². The zero-order valence-electron chi connectivity index (χ0n) is 12.9. The monoisotopic (exact) mass is 350 g/mol. The number of carbonyl (C=O) groups is 1. The van der Waals surface area contributed by atoms with E-state index in [1.807, 2.05) is 5.43 Å². The molecule has 3 heterocycles. The number of nitrogens with two attached hydrogens (primary N) is 1. The summed E-state index contributed by atoms with van der Waals surface area (Å²) in [5, 5.41) is 0. The molecule has 3 rings (SSSR count). The van der Waals surface area contributed by atoms with Gasteiger partial charge in [-0.3, -0.25) is 14.8 Å². The first kappa shape index (κ1) is 16.6. The standard InChI is InChI=1S/C14H18N6O3S/c15-18-14(21)12-9-19(10-17-12)13-5-4-11(8-16-13)24(22,23)20-6-2-1-3-7-20/h4-5,8-10H,1-3,6-7,15H2,(H,18,21). The summed E-state index contributed by atoms with van der Waals surface area (Å²) in [6.45, 7) is 1.09. The number of aromatic nitrogens is 3. The number of hydrogen-bond donors (Lipinski definition) is 2. The molecule has 3 N–H and O–H groups in total. The number of pyridine rings is 1. The molecule has 1 fully saturated rings. The van der Waals surface area contributed by atoms with Crippen LogP contribution in [0.25, 0.3) is 5.82 Å². The number of amides is 1. The minimum Gasteiger partial charge on any atom is -0.290 e. The predicted octanol–water partition coefficient (Wildman–Crippen LogP) is 0.0454. The summed E-state index contributed by atoms with van der Waals surface area (Å²) in [7, 11) is -3.51. The van der Waals surface area contributed by atoms with Crippen LogP contribution in [0.5, 0.6) is 0 Å². The Balaban J connectivity index is 1.82. The molecule has 1 aliphatic heterocycles. The van der Waals surface area contributed by atoms with Crippen LogP contribution >= 0.6 is 0 Å². The molecule has 128 valence electrons. The Labute approximate surface area is 139 Å². The van der Waals surface area contributed by atoms with Crippen molar-refractivity contribution in [2.45, 2.75) is 24.2 Å². The molecule has 0 radical (unpaired) electrons. The normalized spacial score (nSPS) is 16.0.